The summed E-state index contributed by atoms with van der Waals surface area (Å²) in [6.07, 6.45) is 2.58. The molecule has 76 valence electrons. The fourth-order valence-corrected chi connectivity index (χ4v) is 1.41. The Kier molecular flexibility index (Phi) is 4.20. The van der Waals surface area contributed by atoms with E-state index in [1.807, 2.05) is 30.3 Å². The summed E-state index contributed by atoms with van der Waals surface area (Å²) < 4.78 is 5.07. The Morgan fingerprint density at radius 1 is 1.43 bits per heavy atom. The number of ether oxygens (including phenoxy) is 1. The van der Waals surface area contributed by atoms with E-state index < -0.39 is 0 Å². The third-order valence-electron chi connectivity index (χ3n) is 2.27. The first-order valence-corrected chi connectivity index (χ1v) is 4.69. The van der Waals surface area contributed by atoms with Crippen molar-refractivity contribution in [2.24, 2.45) is 0 Å². The number of aliphatic hydroxyl groups excluding tert-OH is 1. The van der Waals surface area contributed by atoms with E-state index in [1.54, 1.807) is 7.11 Å². The van der Waals surface area contributed by atoms with Crippen LogP contribution in [0.2, 0.25) is 0 Å². The third-order valence-corrected chi connectivity index (χ3v) is 2.27. The second-order valence-electron chi connectivity index (χ2n) is 3.13. The minimum Gasteiger partial charge on any atom is -0.497 e. The third kappa shape index (κ3) is 2.60. The molecule has 0 heterocycles. The van der Waals surface area contributed by atoms with E-state index >= 15 is 0 Å². The SMILES string of the molecule is C=CC(CCO)c1ccc(OC)cc1. The molecule has 0 saturated heterocycles. The summed E-state index contributed by atoms with van der Waals surface area (Å²) in [6.45, 7) is 3.94. The van der Waals surface area contributed by atoms with E-state index in [0.29, 0.717) is 0 Å². The van der Waals surface area contributed by atoms with Crippen LogP contribution in [0.5, 0.6) is 5.75 Å². The largest absolute Gasteiger partial charge is 0.497 e. The molecule has 0 aromatic heterocycles. The zero-order valence-corrected chi connectivity index (χ0v) is 8.44. The fraction of sp³-hybridized carbons (Fsp3) is 0.333. The Balaban J connectivity index is 2.78. The number of rotatable bonds is 5. The molecule has 0 bridgehead atoms. The van der Waals surface area contributed by atoms with Crippen molar-refractivity contribution in [3.05, 3.63) is 42.5 Å². The quantitative estimate of drug-likeness (QED) is 0.726. The van der Waals surface area contributed by atoms with Crippen molar-refractivity contribution >= 4 is 0 Å². The van der Waals surface area contributed by atoms with Gasteiger partial charge in [0.15, 0.2) is 0 Å². The van der Waals surface area contributed by atoms with Gasteiger partial charge in [-0.05, 0) is 24.1 Å². The molecule has 0 saturated carbocycles. The molecule has 0 radical (unpaired) electrons. The molecule has 1 unspecified atom stereocenters. The summed E-state index contributed by atoms with van der Waals surface area (Å²) in [5.41, 5.74) is 1.16. The van der Waals surface area contributed by atoms with Gasteiger partial charge in [0.1, 0.15) is 5.75 Å². The highest BCUT2D eigenvalue weighted by atomic mass is 16.5. The van der Waals surface area contributed by atoms with Gasteiger partial charge in [-0.2, -0.15) is 0 Å². The summed E-state index contributed by atoms with van der Waals surface area (Å²) in [7, 11) is 1.65. The normalized spacial score (nSPS) is 12.1. The minimum absolute atomic E-state index is 0.183. The van der Waals surface area contributed by atoms with Crippen LogP contribution in [0.1, 0.15) is 17.9 Å². The number of hydrogen-bond donors (Lipinski definition) is 1. The summed E-state index contributed by atoms with van der Waals surface area (Å²) >= 11 is 0. The van der Waals surface area contributed by atoms with E-state index in [-0.39, 0.29) is 12.5 Å². The molecule has 0 aliphatic heterocycles. The standard InChI is InChI=1S/C12H16O2/c1-3-10(8-9-13)11-4-6-12(14-2)7-5-11/h3-7,10,13H,1,8-9H2,2H3. The van der Waals surface area contributed by atoms with Crippen LogP contribution in [-0.2, 0) is 0 Å². The van der Waals surface area contributed by atoms with Crippen LogP contribution in [0.15, 0.2) is 36.9 Å². The van der Waals surface area contributed by atoms with Crippen LogP contribution in [0.25, 0.3) is 0 Å². The lowest BCUT2D eigenvalue weighted by molar-refractivity contribution is 0.283. The maximum atomic E-state index is 8.86. The van der Waals surface area contributed by atoms with Gasteiger partial charge in [0.25, 0.3) is 0 Å². The smallest absolute Gasteiger partial charge is 0.118 e. The number of allylic oxidation sites excluding steroid dienone is 1. The van der Waals surface area contributed by atoms with E-state index in [0.717, 1.165) is 17.7 Å². The molecule has 0 spiro atoms. The van der Waals surface area contributed by atoms with Crippen molar-refractivity contribution < 1.29 is 9.84 Å². The second kappa shape index (κ2) is 5.45. The topological polar surface area (TPSA) is 29.5 Å². The molecule has 1 rings (SSSR count). The first-order chi connectivity index (χ1) is 6.81. The molecule has 1 atom stereocenters. The Morgan fingerprint density at radius 3 is 2.50 bits per heavy atom. The van der Waals surface area contributed by atoms with Crippen molar-refractivity contribution in [2.45, 2.75) is 12.3 Å². The van der Waals surface area contributed by atoms with Gasteiger partial charge in [0.2, 0.25) is 0 Å². The maximum Gasteiger partial charge on any atom is 0.118 e. The highest BCUT2D eigenvalue weighted by Crippen LogP contribution is 2.22. The van der Waals surface area contributed by atoms with Crippen molar-refractivity contribution in [1.29, 1.82) is 0 Å². The minimum atomic E-state index is 0.183. The monoisotopic (exact) mass is 192 g/mol. The average molecular weight is 192 g/mol. The summed E-state index contributed by atoms with van der Waals surface area (Å²) in [5, 5.41) is 8.86. The van der Waals surface area contributed by atoms with Crippen LogP contribution in [0.4, 0.5) is 0 Å². The first kappa shape index (κ1) is 10.8. The fourth-order valence-electron chi connectivity index (χ4n) is 1.41. The highest BCUT2D eigenvalue weighted by Gasteiger charge is 2.06. The molecule has 2 nitrogen and oxygen atoms in total. The molecular weight excluding hydrogens is 176 g/mol. The van der Waals surface area contributed by atoms with Crippen molar-refractivity contribution in [2.75, 3.05) is 13.7 Å². The molecule has 1 aromatic rings. The van der Waals surface area contributed by atoms with Crippen molar-refractivity contribution in [1.82, 2.24) is 0 Å². The molecular formula is C12H16O2. The van der Waals surface area contributed by atoms with Crippen LogP contribution in [0.3, 0.4) is 0 Å². The molecule has 1 N–H and O–H groups in total. The van der Waals surface area contributed by atoms with Gasteiger partial charge in [-0.15, -0.1) is 6.58 Å². The second-order valence-corrected chi connectivity index (χ2v) is 3.13. The Hall–Kier alpha value is -1.28. The Bertz CT molecular complexity index is 277. The number of methoxy groups -OCH3 is 1. The van der Waals surface area contributed by atoms with Crippen molar-refractivity contribution in [3.8, 4) is 5.75 Å². The van der Waals surface area contributed by atoms with Crippen LogP contribution >= 0.6 is 0 Å². The molecule has 0 aliphatic carbocycles. The zero-order chi connectivity index (χ0) is 10.4. The van der Waals surface area contributed by atoms with Gasteiger partial charge in [-0.25, -0.2) is 0 Å². The van der Waals surface area contributed by atoms with Gasteiger partial charge < -0.3 is 9.84 Å². The Labute approximate surface area is 84.8 Å². The summed E-state index contributed by atoms with van der Waals surface area (Å²) in [6, 6.07) is 7.84. The molecule has 14 heavy (non-hydrogen) atoms. The lowest BCUT2D eigenvalue weighted by atomic mass is 9.96. The molecule has 0 aliphatic rings. The lowest BCUT2D eigenvalue weighted by Crippen LogP contribution is -1.97. The predicted molar refractivity (Wildman–Crippen MR) is 57.6 cm³/mol. The average Bonchev–Trinajstić information content (AvgIpc) is 2.26. The van der Waals surface area contributed by atoms with Gasteiger partial charge in [0.05, 0.1) is 7.11 Å². The molecule has 2 heteroatoms. The first-order valence-electron chi connectivity index (χ1n) is 4.69. The molecule has 0 amide bonds. The van der Waals surface area contributed by atoms with E-state index in [9.17, 15) is 0 Å². The van der Waals surface area contributed by atoms with Gasteiger partial charge in [0, 0.05) is 12.5 Å². The van der Waals surface area contributed by atoms with Crippen molar-refractivity contribution in [3.63, 3.8) is 0 Å². The van der Waals surface area contributed by atoms with Gasteiger partial charge in [-0.1, -0.05) is 18.2 Å². The number of aliphatic hydroxyl groups is 1. The number of hydrogen-bond acceptors (Lipinski definition) is 2. The zero-order valence-electron chi connectivity index (χ0n) is 8.44. The summed E-state index contributed by atoms with van der Waals surface area (Å²) in [5.74, 6) is 1.08. The maximum absolute atomic E-state index is 8.86. The van der Waals surface area contributed by atoms with Gasteiger partial charge in [-0.3, -0.25) is 0 Å². The van der Waals surface area contributed by atoms with Crippen LogP contribution in [0, 0.1) is 0 Å². The lowest BCUT2D eigenvalue weighted by Gasteiger charge is -2.11. The molecule has 0 fully saturated rings. The van der Waals surface area contributed by atoms with E-state index in [4.69, 9.17) is 9.84 Å². The van der Waals surface area contributed by atoms with Gasteiger partial charge >= 0.3 is 0 Å². The highest BCUT2D eigenvalue weighted by molar-refractivity contribution is 5.31. The number of benzene rings is 1. The van der Waals surface area contributed by atoms with Crippen LogP contribution < -0.4 is 4.74 Å². The van der Waals surface area contributed by atoms with E-state index in [1.165, 1.54) is 0 Å². The predicted octanol–water partition coefficient (Wildman–Crippen LogP) is 2.35. The van der Waals surface area contributed by atoms with Crippen LogP contribution in [-0.4, -0.2) is 18.8 Å². The Morgan fingerprint density at radius 2 is 2.07 bits per heavy atom. The van der Waals surface area contributed by atoms with E-state index in [2.05, 4.69) is 6.58 Å². The molecule has 1 aromatic carbocycles. The summed E-state index contributed by atoms with van der Waals surface area (Å²) in [4.78, 5) is 0.